The third-order valence-corrected chi connectivity index (χ3v) is 1.84. The van der Waals surface area contributed by atoms with Crippen molar-refractivity contribution in [2.75, 3.05) is 6.61 Å². The lowest BCUT2D eigenvalue weighted by Gasteiger charge is -2.00. The van der Waals surface area contributed by atoms with Gasteiger partial charge >= 0.3 is 0 Å². The Morgan fingerprint density at radius 2 is 2.17 bits per heavy atom. The van der Waals surface area contributed by atoms with E-state index in [1.54, 1.807) is 0 Å². The van der Waals surface area contributed by atoms with Crippen molar-refractivity contribution in [2.24, 2.45) is 5.73 Å². The summed E-state index contributed by atoms with van der Waals surface area (Å²) in [5, 5.41) is 0. The monoisotopic (exact) mass is 171 g/mol. The molecule has 4 heteroatoms. The van der Waals surface area contributed by atoms with Gasteiger partial charge in [0.25, 0.3) is 0 Å². The van der Waals surface area contributed by atoms with Gasteiger partial charge in [-0.15, -0.1) is 0 Å². The molecule has 0 radical (unpaired) electrons. The number of hydrogen-bond acceptors (Lipinski definition) is 2. The topological polar surface area (TPSA) is 35.2 Å². The molecule has 2 N–H and O–H groups in total. The first-order chi connectivity index (χ1) is 5.68. The molecule has 0 fully saturated rings. The Morgan fingerprint density at radius 3 is 2.92 bits per heavy atom. The molecule has 0 aromatic heterocycles. The zero-order valence-electron chi connectivity index (χ0n) is 6.18. The minimum absolute atomic E-state index is 0.0869. The van der Waals surface area contributed by atoms with Crippen LogP contribution in [0.2, 0.25) is 0 Å². The fourth-order valence-corrected chi connectivity index (χ4v) is 1.27. The van der Waals surface area contributed by atoms with Gasteiger partial charge in [0.05, 0.1) is 6.04 Å². The van der Waals surface area contributed by atoms with E-state index < -0.39 is 17.7 Å². The van der Waals surface area contributed by atoms with Crippen molar-refractivity contribution in [3.63, 3.8) is 0 Å². The number of benzene rings is 1. The van der Waals surface area contributed by atoms with Crippen LogP contribution >= 0.6 is 0 Å². The number of ether oxygens (including phenoxy) is 1. The van der Waals surface area contributed by atoms with E-state index in [2.05, 4.69) is 0 Å². The van der Waals surface area contributed by atoms with E-state index in [9.17, 15) is 8.78 Å². The molecule has 64 valence electrons. The van der Waals surface area contributed by atoms with Crippen LogP contribution in [0.25, 0.3) is 0 Å². The van der Waals surface area contributed by atoms with Gasteiger partial charge in [0.2, 0.25) is 0 Å². The van der Waals surface area contributed by atoms with Gasteiger partial charge in [-0.2, -0.15) is 0 Å². The van der Waals surface area contributed by atoms with Crippen molar-refractivity contribution in [1.82, 2.24) is 0 Å². The Morgan fingerprint density at radius 1 is 1.42 bits per heavy atom. The zero-order chi connectivity index (χ0) is 8.72. The summed E-state index contributed by atoms with van der Waals surface area (Å²) >= 11 is 0. The molecule has 1 atom stereocenters. The van der Waals surface area contributed by atoms with Crippen LogP contribution in [-0.2, 0) is 0 Å². The van der Waals surface area contributed by atoms with Crippen molar-refractivity contribution in [2.45, 2.75) is 6.04 Å². The summed E-state index contributed by atoms with van der Waals surface area (Å²) in [5.41, 5.74) is 5.94. The molecular formula is C8H7F2NO. The standard InChI is InChI=1S/C8H7F2NO/c9-4-1-5-7(11)3-12-8(5)6(10)2-4/h1-2,7H,3,11H2/t7-/m1/s1. The van der Waals surface area contributed by atoms with Crippen LogP contribution in [0.15, 0.2) is 12.1 Å². The molecule has 0 aliphatic carbocycles. The van der Waals surface area contributed by atoms with Crippen LogP contribution in [0.1, 0.15) is 11.6 Å². The summed E-state index contributed by atoms with van der Waals surface area (Å²) in [5.74, 6) is -1.21. The summed E-state index contributed by atoms with van der Waals surface area (Å²) in [6.45, 7) is 0.218. The van der Waals surface area contributed by atoms with Crippen molar-refractivity contribution in [3.05, 3.63) is 29.3 Å². The average Bonchev–Trinajstić information content (AvgIpc) is 2.33. The van der Waals surface area contributed by atoms with Crippen LogP contribution in [0, 0.1) is 11.6 Å². The summed E-state index contributed by atoms with van der Waals surface area (Å²) in [7, 11) is 0. The maximum atomic E-state index is 12.9. The second-order valence-corrected chi connectivity index (χ2v) is 2.72. The minimum atomic E-state index is -0.682. The SMILES string of the molecule is N[C@@H]1COc2c(F)cc(F)cc21. The lowest BCUT2D eigenvalue weighted by Crippen LogP contribution is -2.10. The molecule has 12 heavy (non-hydrogen) atoms. The van der Waals surface area contributed by atoms with Crippen LogP contribution in [-0.4, -0.2) is 6.61 Å². The highest BCUT2D eigenvalue weighted by Crippen LogP contribution is 2.33. The zero-order valence-corrected chi connectivity index (χ0v) is 6.18. The van der Waals surface area contributed by atoms with E-state index in [0.717, 1.165) is 6.07 Å². The Labute approximate surface area is 67.9 Å². The number of nitrogens with two attached hydrogens (primary N) is 1. The summed E-state index contributed by atoms with van der Waals surface area (Å²) < 4.78 is 30.5. The maximum Gasteiger partial charge on any atom is 0.168 e. The summed E-state index contributed by atoms with van der Waals surface area (Å²) in [6, 6.07) is 1.58. The second-order valence-electron chi connectivity index (χ2n) is 2.72. The molecule has 0 saturated carbocycles. The number of fused-ring (bicyclic) bond motifs is 1. The van der Waals surface area contributed by atoms with E-state index in [-0.39, 0.29) is 12.4 Å². The van der Waals surface area contributed by atoms with Crippen LogP contribution < -0.4 is 10.5 Å². The number of rotatable bonds is 0. The Bertz CT molecular complexity index is 327. The highest BCUT2D eigenvalue weighted by molar-refractivity contribution is 5.40. The van der Waals surface area contributed by atoms with Crippen LogP contribution in [0.4, 0.5) is 8.78 Å². The van der Waals surface area contributed by atoms with Gasteiger partial charge < -0.3 is 10.5 Å². The molecule has 0 unspecified atom stereocenters. The van der Waals surface area contributed by atoms with Crippen molar-refractivity contribution in [3.8, 4) is 5.75 Å². The quantitative estimate of drug-likeness (QED) is 0.639. The van der Waals surface area contributed by atoms with E-state index in [1.807, 2.05) is 0 Å². The summed E-state index contributed by atoms with van der Waals surface area (Å²) in [6.07, 6.45) is 0. The predicted octanol–water partition coefficient (Wildman–Crippen LogP) is 1.36. The smallest absolute Gasteiger partial charge is 0.168 e. The molecule has 0 spiro atoms. The molecule has 1 aliphatic heterocycles. The lowest BCUT2D eigenvalue weighted by atomic mass is 10.1. The molecule has 2 rings (SSSR count). The van der Waals surface area contributed by atoms with E-state index in [1.165, 1.54) is 6.07 Å². The second kappa shape index (κ2) is 2.42. The molecule has 2 nitrogen and oxygen atoms in total. The van der Waals surface area contributed by atoms with Gasteiger partial charge in [0.15, 0.2) is 11.6 Å². The van der Waals surface area contributed by atoms with Gasteiger partial charge in [-0.25, -0.2) is 8.78 Å². The van der Waals surface area contributed by atoms with Gasteiger partial charge in [-0.05, 0) is 6.07 Å². The van der Waals surface area contributed by atoms with Gasteiger partial charge in [0.1, 0.15) is 12.4 Å². The molecule has 0 amide bonds. The van der Waals surface area contributed by atoms with Crippen LogP contribution in [0.3, 0.4) is 0 Å². The highest BCUT2D eigenvalue weighted by atomic mass is 19.1. The van der Waals surface area contributed by atoms with Gasteiger partial charge in [-0.3, -0.25) is 0 Å². The van der Waals surface area contributed by atoms with E-state index in [0.29, 0.717) is 5.56 Å². The van der Waals surface area contributed by atoms with E-state index >= 15 is 0 Å². The third kappa shape index (κ3) is 0.956. The van der Waals surface area contributed by atoms with Gasteiger partial charge in [-0.1, -0.05) is 0 Å². The Kier molecular flexibility index (Phi) is 1.51. The van der Waals surface area contributed by atoms with Crippen LogP contribution in [0.5, 0.6) is 5.75 Å². The fraction of sp³-hybridized carbons (Fsp3) is 0.250. The molecular weight excluding hydrogens is 164 g/mol. The Balaban J connectivity index is 2.60. The van der Waals surface area contributed by atoms with Crippen molar-refractivity contribution < 1.29 is 13.5 Å². The van der Waals surface area contributed by atoms with Crippen molar-refractivity contribution >= 4 is 0 Å². The third-order valence-electron chi connectivity index (χ3n) is 1.84. The predicted molar refractivity (Wildman–Crippen MR) is 38.8 cm³/mol. The molecule has 0 bridgehead atoms. The summed E-state index contributed by atoms with van der Waals surface area (Å²) in [4.78, 5) is 0. The highest BCUT2D eigenvalue weighted by Gasteiger charge is 2.24. The Hall–Kier alpha value is -1.16. The average molecular weight is 171 g/mol. The molecule has 1 heterocycles. The van der Waals surface area contributed by atoms with E-state index in [4.69, 9.17) is 10.5 Å². The fourth-order valence-electron chi connectivity index (χ4n) is 1.27. The normalized spacial score (nSPS) is 20.4. The molecule has 1 aliphatic rings. The molecule has 1 aromatic rings. The molecule has 0 saturated heterocycles. The first-order valence-corrected chi connectivity index (χ1v) is 3.56. The number of hydrogen-bond donors (Lipinski definition) is 1. The number of halogens is 2. The minimum Gasteiger partial charge on any atom is -0.488 e. The maximum absolute atomic E-state index is 12.9. The first kappa shape index (κ1) is 7.49. The lowest BCUT2D eigenvalue weighted by molar-refractivity contribution is 0.319. The first-order valence-electron chi connectivity index (χ1n) is 3.56. The molecule has 1 aromatic carbocycles. The van der Waals surface area contributed by atoms with Gasteiger partial charge in [0, 0.05) is 11.6 Å². The van der Waals surface area contributed by atoms with Crippen molar-refractivity contribution in [1.29, 1.82) is 0 Å². The largest absolute Gasteiger partial charge is 0.488 e.